The first-order chi connectivity index (χ1) is 13.0. The second-order valence-corrected chi connectivity index (χ2v) is 6.68. The zero-order valence-electron chi connectivity index (χ0n) is 15.7. The molecule has 28 heavy (non-hydrogen) atoms. The first kappa shape index (κ1) is 21.3. The molecule has 2 amide bonds. The summed E-state index contributed by atoms with van der Waals surface area (Å²) in [5, 5.41) is 5.15. The molecule has 0 aliphatic rings. The van der Waals surface area contributed by atoms with E-state index in [1.54, 1.807) is 31.4 Å². The molecule has 5 nitrogen and oxygen atoms in total. The van der Waals surface area contributed by atoms with Gasteiger partial charge < -0.3 is 15.4 Å². The monoisotopic (exact) mass is 394 g/mol. The number of benzene rings is 2. The van der Waals surface area contributed by atoms with E-state index in [2.05, 4.69) is 10.6 Å². The summed E-state index contributed by atoms with van der Waals surface area (Å²) in [6.45, 7) is 3.10. The van der Waals surface area contributed by atoms with Gasteiger partial charge in [-0.15, -0.1) is 0 Å². The number of amides is 2. The minimum Gasteiger partial charge on any atom is -0.497 e. The molecule has 0 radical (unpaired) electrons. The second kappa shape index (κ2) is 8.33. The van der Waals surface area contributed by atoms with Crippen molar-refractivity contribution in [2.75, 3.05) is 12.4 Å². The van der Waals surface area contributed by atoms with Crippen LogP contribution in [0.15, 0.2) is 48.5 Å². The van der Waals surface area contributed by atoms with Gasteiger partial charge in [-0.25, -0.2) is 0 Å². The molecule has 2 aromatic rings. The molecular weight excluding hydrogens is 373 g/mol. The molecule has 0 fully saturated rings. The van der Waals surface area contributed by atoms with Gasteiger partial charge in [-0.05, 0) is 55.8 Å². The van der Waals surface area contributed by atoms with Crippen molar-refractivity contribution >= 4 is 17.5 Å². The van der Waals surface area contributed by atoms with E-state index in [1.165, 1.54) is 13.8 Å². The molecule has 2 rings (SSSR count). The lowest BCUT2D eigenvalue weighted by Gasteiger charge is -2.23. The van der Waals surface area contributed by atoms with Crippen LogP contribution in [0, 0.1) is 5.41 Å². The first-order valence-electron chi connectivity index (χ1n) is 8.44. The third-order valence-corrected chi connectivity index (χ3v) is 4.22. The van der Waals surface area contributed by atoms with Crippen LogP contribution in [-0.4, -0.2) is 18.9 Å². The lowest BCUT2D eigenvalue weighted by Crippen LogP contribution is -2.44. The van der Waals surface area contributed by atoms with Gasteiger partial charge in [-0.3, -0.25) is 9.59 Å². The first-order valence-corrected chi connectivity index (χ1v) is 8.44. The Bertz CT molecular complexity index is 829. The van der Waals surface area contributed by atoms with Crippen LogP contribution in [0.4, 0.5) is 18.9 Å². The Morgan fingerprint density at radius 1 is 0.929 bits per heavy atom. The quantitative estimate of drug-likeness (QED) is 0.728. The van der Waals surface area contributed by atoms with Crippen LogP contribution < -0.4 is 15.4 Å². The minimum absolute atomic E-state index is 0.175. The molecule has 2 N–H and O–H groups in total. The van der Waals surface area contributed by atoms with Crippen molar-refractivity contribution in [1.29, 1.82) is 0 Å². The van der Waals surface area contributed by atoms with Crippen LogP contribution >= 0.6 is 0 Å². The number of carbonyl (C=O) groups excluding carboxylic acids is 2. The Kier molecular flexibility index (Phi) is 6.33. The highest BCUT2D eigenvalue weighted by Gasteiger charge is 2.36. The van der Waals surface area contributed by atoms with Crippen molar-refractivity contribution in [2.45, 2.75) is 26.6 Å². The number of carbonyl (C=O) groups is 2. The summed E-state index contributed by atoms with van der Waals surface area (Å²) in [5.41, 5.74) is -1.24. The molecule has 0 spiro atoms. The van der Waals surface area contributed by atoms with Crippen LogP contribution in [0.25, 0.3) is 0 Å². The van der Waals surface area contributed by atoms with Crippen LogP contribution in [0.5, 0.6) is 5.75 Å². The summed E-state index contributed by atoms with van der Waals surface area (Å²) < 4.78 is 42.9. The van der Waals surface area contributed by atoms with Crippen molar-refractivity contribution in [2.24, 2.45) is 5.41 Å². The largest absolute Gasteiger partial charge is 0.497 e. The molecule has 2 aromatic carbocycles. The summed E-state index contributed by atoms with van der Waals surface area (Å²) >= 11 is 0. The van der Waals surface area contributed by atoms with Crippen molar-refractivity contribution in [3.63, 3.8) is 0 Å². The molecule has 0 aromatic heterocycles. The van der Waals surface area contributed by atoms with E-state index < -0.39 is 29.0 Å². The van der Waals surface area contributed by atoms with Crippen molar-refractivity contribution < 1.29 is 27.5 Å². The maximum absolute atomic E-state index is 12.6. The highest BCUT2D eigenvalue weighted by molar-refractivity contribution is 6.09. The van der Waals surface area contributed by atoms with Crippen molar-refractivity contribution in [3.8, 4) is 5.75 Å². The van der Waals surface area contributed by atoms with Crippen LogP contribution in [-0.2, 0) is 22.3 Å². The summed E-state index contributed by atoms with van der Waals surface area (Å²) in [6, 6.07) is 11.1. The van der Waals surface area contributed by atoms with E-state index in [-0.39, 0.29) is 12.2 Å². The maximum Gasteiger partial charge on any atom is 0.416 e. The predicted molar refractivity (Wildman–Crippen MR) is 98.7 cm³/mol. The van der Waals surface area contributed by atoms with Crippen molar-refractivity contribution in [1.82, 2.24) is 5.32 Å². The number of halogens is 3. The molecule has 8 heteroatoms. The number of ether oxygens (including phenoxy) is 1. The van der Waals surface area contributed by atoms with E-state index in [0.717, 1.165) is 29.8 Å². The van der Waals surface area contributed by atoms with Crippen LogP contribution in [0.2, 0.25) is 0 Å². The number of hydrogen-bond acceptors (Lipinski definition) is 3. The summed E-state index contributed by atoms with van der Waals surface area (Å²) in [5.74, 6) is -0.446. The lowest BCUT2D eigenvalue weighted by molar-refractivity contribution is -0.139. The van der Waals surface area contributed by atoms with Gasteiger partial charge in [-0.1, -0.05) is 12.1 Å². The summed E-state index contributed by atoms with van der Waals surface area (Å²) in [4.78, 5) is 24.9. The van der Waals surface area contributed by atoms with Gasteiger partial charge in [0, 0.05) is 12.2 Å². The van der Waals surface area contributed by atoms with Crippen molar-refractivity contribution in [3.05, 3.63) is 59.7 Å². The van der Waals surface area contributed by atoms with E-state index in [9.17, 15) is 22.8 Å². The number of hydrogen-bond donors (Lipinski definition) is 2. The van der Waals surface area contributed by atoms with Gasteiger partial charge in [-0.2, -0.15) is 13.2 Å². The van der Waals surface area contributed by atoms with Gasteiger partial charge in [0.15, 0.2) is 0 Å². The number of nitrogens with one attached hydrogen (secondary N) is 2. The van der Waals surface area contributed by atoms with Gasteiger partial charge in [0.05, 0.1) is 12.7 Å². The Morgan fingerprint density at radius 3 is 2.00 bits per heavy atom. The lowest BCUT2D eigenvalue weighted by atomic mass is 9.90. The molecule has 0 aliphatic heterocycles. The van der Waals surface area contributed by atoms with Crippen LogP contribution in [0.3, 0.4) is 0 Å². The topological polar surface area (TPSA) is 67.4 Å². The average Bonchev–Trinajstić information content (AvgIpc) is 2.66. The fourth-order valence-corrected chi connectivity index (χ4v) is 2.28. The second-order valence-electron chi connectivity index (χ2n) is 6.68. The number of methoxy groups -OCH3 is 1. The summed E-state index contributed by atoms with van der Waals surface area (Å²) in [7, 11) is 1.55. The fraction of sp³-hybridized carbons (Fsp3) is 0.300. The molecule has 0 saturated carbocycles. The SMILES string of the molecule is COc1ccc(CNC(=O)C(C)(C)C(=O)Nc2ccc(C(F)(F)F)cc2)cc1. The zero-order chi connectivity index (χ0) is 20.9. The predicted octanol–water partition coefficient (Wildman–Crippen LogP) is 4.00. The number of anilines is 1. The normalized spacial score (nSPS) is 11.6. The number of alkyl halides is 3. The van der Waals surface area contributed by atoms with E-state index in [1.807, 2.05) is 0 Å². The molecule has 0 saturated heterocycles. The highest BCUT2D eigenvalue weighted by atomic mass is 19.4. The van der Waals surface area contributed by atoms with E-state index >= 15 is 0 Å². The summed E-state index contributed by atoms with van der Waals surface area (Å²) in [6.07, 6.45) is -4.46. The molecule has 0 aliphatic carbocycles. The Morgan fingerprint density at radius 2 is 1.50 bits per heavy atom. The zero-order valence-corrected chi connectivity index (χ0v) is 15.7. The Labute approximate surface area is 160 Å². The molecule has 0 unspecified atom stereocenters. The van der Waals surface area contributed by atoms with Gasteiger partial charge >= 0.3 is 6.18 Å². The molecule has 0 atom stereocenters. The third-order valence-electron chi connectivity index (χ3n) is 4.22. The average molecular weight is 394 g/mol. The molecule has 0 heterocycles. The standard InChI is InChI=1S/C20H21F3N2O3/c1-19(2,17(26)24-12-13-4-10-16(28-3)11-5-13)18(27)25-15-8-6-14(7-9-15)20(21,22)23/h4-11H,12H2,1-3H3,(H,24,26)(H,25,27). The molecule has 150 valence electrons. The molecule has 0 bridgehead atoms. The smallest absolute Gasteiger partial charge is 0.416 e. The Hall–Kier alpha value is -3.03. The van der Waals surface area contributed by atoms with Gasteiger partial charge in [0.1, 0.15) is 11.2 Å². The van der Waals surface area contributed by atoms with E-state index in [4.69, 9.17) is 4.74 Å². The van der Waals surface area contributed by atoms with Gasteiger partial charge in [0.25, 0.3) is 0 Å². The third kappa shape index (κ3) is 5.25. The number of rotatable bonds is 6. The van der Waals surface area contributed by atoms with Gasteiger partial charge in [0.2, 0.25) is 11.8 Å². The minimum atomic E-state index is -4.46. The Balaban J connectivity index is 1.97. The highest BCUT2D eigenvalue weighted by Crippen LogP contribution is 2.30. The molecular formula is C20H21F3N2O3. The maximum atomic E-state index is 12.6. The van der Waals surface area contributed by atoms with Crippen LogP contribution in [0.1, 0.15) is 25.0 Å². The van der Waals surface area contributed by atoms with E-state index in [0.29, 0.717) is 5.75 Å². The fourth-order valence-electron chi connectivity index (χ4n) is 2.28.